The lowest BCUT2D eigenvalue weighted by atomic mass is 10.0. The third-order valence-corrected chi connectivity index (χ3v) is 4.48. The number of nitrogens with zero attached hydrogens (tertiary/aromatic N) is 5. The maximum absolute atomic E-state index is 4.54. The van der Waals surface area contributed by atoms with Gasteiger partial charge in [0, 0.05) is 35.6 Å². The molecule has 0 aromatic carbocycles. The molecule has 1 fully saturated rings. The number of aryl methyl sites for hydroxylation is 1. The Balaban J connectivity index is 1.59. The quantitative estimate of drug-likeness (QED) is 0.758. The second-order valence-electron chi connectivity index (χ2n) is 6.20. The van der Waals surface area contributed by atoms with E-state index in [1.165, 1.54) is 18.5 Å². The fourth-order valence-corrected chi connectivity index (χ4v) is 2.98. The molecule has 0 saturated heterocycles. The summed E-state index contributed by atoms with van der Waals surface area (Å²) in [6.45, 7) is 3.01. The summed E-state index contributed by atoms with van der Waals surface area (Å²) < 4.78 is 1.77. The van der Waals surface area contributed by atoms with Crippen LogP contribution in [0.4, 0.5) is 5.82 Å². The van der Waals surface area contributed by atoms with Crippen LogP contribution in [0, 0.1) is 0 Å². The van der Waals surface area contributed by atoms with Gasteiger partial charge in [-0.15, -0.1) is 0 Å². The minimum atomic E-state index is 0.155. The van der Waals surface area contributed by atoms with E-state index >= 15 is 0 Å². The Labute approximate surface area is 135 Å². The highest BCUT2D eigenvalue weighted by atomic mass is 15.4. The van der Waals surface area contributed by atoms with Crippen molar-refractivity contribution in [3.05, 3.63) is 48.2 Å². The molecular weight excluding hydrogens is 288 g/mol. The van der Waals surface area contributed by atoms with Crippen LogP contribution in [-0.2, 0) is 11.8 Å². The van der Waals surface area contributed by atoms with Gasteiger partial charge in [-0.05, 0) is 31.4 Å². The van der Waals surface area contributed by atoms with Crippen molar-refractivity contribution in [3.63, 3.8) is 0 Å². The maximum Gasteiger partial charge on any atom is 0.254 e. The molecule has 0 bridgehead atoms. The van der Waals surface area contributed by atoms with Crippen LogP contribution in [0.25, 0.3) is 5.78 Å². The first-order valence-corrected chi connectivity index (χ1v) is 8.16. The van der Waals surface area contributed by atoms with E-state index in [0.717, 1.165) is 30.9 Å². The number of nitrogens with one attached hydrogen (secondary N) is 1. The molecule has 118 valence electrons. The molecule has 0 aliphatic heterocycles. The summed E-state index contributed by atoms with van der Waals surface area (Å²) >= 11 is 0. The van der Waals surface area contributed by atoms with Crippen molar-refractivity contribution in [3.8, 4) is 0 Å². The lowest BCUT2D eigenvalue weighted by Gasteiger charge is -2.17. The predicted octanol–water partition coefficient (Wildman–Crippen LogP) is 2.62. The number of hydrogen-bond donors (Lipinski definition) is 1. The van der Waals surface area contributed by atoms with Gasteiger partial charge >= 0.3 is 0 Å². The largest absolute Gasteiger partial charge is 0.369 e. The summed E-state index contributed by atoms with van der Waals surface area (Å²) in [7, 11) is 0. The molecule has 0 spiro atoms. The molecule has 1 aliphatic rings. The fourth-order valence-electron chi connectivity index (χ4n) is 2.98. The number of hydrogen-bond acceptors (Lipinski definition) is 5. The predicted molar refractivity (Wildman–Crippen MR) is 88.4 cm³/mol. The normalized spacial score (nSPS) is 15.7. The summed E-state index contributed by atoms with van der Waals surface area (Å²) in [4.78, 5) is 13.3. The van der Waals surface area contributed by atoms with E-state index in [-0.39, 0.29) is 5.41 Å². The summed E-state index contributed by atoms with van der Waals surface area (Å²) in [5.74, 6) is 1.61. The summed E-state index contributed by atoms with van der Waals surface area (Å²) in [5, 5.41) is 7.83. The molecule has 0 unspecified atom stereocenters. The Kier molecular flexibility index (Phi) is 3.44. The van der Waals surface area contributed by atoms with Crippen molar-refractivity contribution in [1.29, 1.82) is 0 Å². The first-order chi connectivity index (χ1) is 11.3. The minimum Gasteiger partial charge on any atom is -0.369 e. The zero-order chi connectivity index (χ0) is 15.7. The highest BCUT2D eigenvalue weighted by Crippen LogP contribution is 2.47. The Morgan fingerprint density at radius 3 is 2.91 bits per heavy atom. The molecule has 0 radical (unpaired) electrons. The van der Waals surface area contributed by atoms with Gasteiger partial charge in [0.1, 0.15) is 12.1 Å². The van der Waals surface area contributed by atoms with Gasteiger partial charge in [-0.2, -0.15) is 14.6 Å². The van der Waals surface area contributed by atoms with Gasteiger partial charge in [-0.1, -0.05) is 19.4 Å². The lowest BCUT2D eigenvalue weighted by molar-refractivity contribution is 0.697. The molecule has 1 saturated carbocycles. The monoisotopic (exact) mass is 308 g/mol. The van der Waals surface area contributed by atoms with Crippen molar-refractivity contribution in [1.82, 2.24) is 24.6 Å². The van der Waals surface area contributed by atoms with Gasteiger partial charge in [0.2, 0.25) is 0 Å². The first kappa shape index (κ1) is 14.1. The molecule has 1 N–H and O–H groups in total. The number of aromatic nitrogens is 5. The summed E-state index contributed by atoms with van der Waals surface area (Å²) in [5.41, 5.74) is 2.38. The van der Waals surface area contributed by atoms with Gasteiger partial charge in [0.05, 0.1) is 0 Å². The third-order valence-electron chi connectivity index (χ3n) is 4.48. The number of anilines is 1. The Morgan fingerprint density at radius 1 is 1.26 bits per heavy atom. The molecule has 6 heteroatoms. The number of pyridine rings is 1. The van der Waals surface area contributed by atoms with Crippen LogP contribution in [0.5, 0.6) is 0 Å². The molecule has 1 aliphatic carbocycles. The molecular formula is C17H20N6. The second kappa shape index (κ2) is 5.61. The molecule has 4 rings (SSSR count). The Hall–Kier alpha value is -2.50. The van der Waals surface area contributed by atoms with E-state index in [2.05, 4.69) is 50.5 Å². The minimum absolute atomic E-state index is 0.155. The van der Waals surface area contributed by atoms with Gasteiger partial charge in [0.15, 0.2) is 0 Å². The van der Waals surface area contributed by atoms with Gasteiger partial charge < -0.3 is 5.32 Å². The average molecular weight is 308 g/mol. The Bertz CT molecular complexity index is 806. The highest BCUT2D eigenvalue weighted by Gasteiger charge is 2.45. The topological polar surface area (TPSA) is 68.0 Å². The molecule has 0 atom stereocenters. The van der Waals surface area contributed by atoms with Crippen molar-refractivity contribution < 1.29 is 0 Å². The molecule has 0 amide bonds. The standard InChI is InChI=1S/C17H20N6/c1-2-5-13-10-15(23-16(22-13)20-12-21-23)19-11-17(7-8-17)14-6-3-4-9-18-14/h3-4,6,9-10,12,19H,2,5,7-8,11H2,1H3. The van der Waals surface area contributed by atoms with Crippen molar-refractivity contribution >= 4 is 11.6 Å². The fraction of sp³-hybridized carbons (Fsp3) is 0.412. The van der Waals surface area contributed by atoms with Crippen LogP contribution >= 0.6 is 0 Å². The number of rotatable bonds is 6. The zero-order valence-corrected chi connectivity index (χ0v) is 13.2. The van der Waals surface area contributed by atoms with Crippen LogP contribution < -0.4 is 5.32 Å². The van der Waals surface area contributed by atoms with E-state index in [0.29, 0.717) is 5.78 Å². The van der Waals surface area contributed by atoms with Crippen molar-refractivity contribution in [2.75, 3.05) is 11.9 Å². The lowest BCUT2D eigenvalue weighted by Crippen LogP contribution is -2.22. The van der Waals surface area contributed by atoms with Gasteiger partial charge in [-0.25, -0.2) is 4.98 Å². The van der Waals surface area contributed by atoms with E-state index < -0.39 is 0 Å². The molecule has 6 nitrogen and oxygen atoms in total. The Morgan fingerprint density at radius 2 is 2.17 bits per heavy atom. The summed E-state index contributed by atoms with van der Waals surface area (Å²) in [6, 6.07) is 8.23. The van der Waals surface area contributed by atoms with Crippen LogP contribution in [0.1, 0.15) is 37.6 Å². The molecule has 3 aromatic rings. The van der Waals surface area contributed by atoms with Gasteiger partial charge in [-0.3, -0.25) is 4.98 Å². The molecule has 3 aromatic heterocycles. The van der Waals surface area contributed by atoms with E-state index in [1.807, 2.05) is 12.3 Å². The van der Waals surface area contributed by atoms with E-state index in [9.17, 15) is 0 Å². The van der Waals surface area contributed by atoms with Crippen LogP contribution in [0.2, 0.25) is 0 Å². The highest BCUT2D eigenvalue weighted by molar-refractivity contribution is 5.46. The SMILES string of the molecule is CCCc1cc(NCC2(c3ccccn3)CC2)n2ncnc2n1. The zero-order valence-electron chi connectivity index (χ0n) is 13.2. The van der Waals surface area contributed by atoms with E-state index in [4.69, 9.17) is 0 Å². The number of fused-ring (bicyclic) bond motifs is 1. The summed E-state index contributed by atoms with van der Waals surface area (Å²) in [6.07, 6.45) is 7.78. The van der Waals surface area contributed by atoms with Crippen LogP contribution in [-0.4, -0.2) is 31.1 Å². The van der Waals surface area contributed by atoms with Crippen LogP contribution in [0.3, 0.4) is 0 Å². The average Bonchev–Trinajstić information content (AvgIpc) is 3.23. The first-order valence-electron chi connectivity index (χ1n) is 8.16. The second-order valence-corrected chi connectivity index (χ2v) is 6.20. The van der Waals surface area contributed by atoms with Crippen molar-refractivity contribution in [2.24, 2.45) is 0 Å². The molecule has 3 heterocycles. The third kappa shape index (κ3) is 2.65. The smallest absolute Gasteiger partial charge is 0.254 e. The molecule has 23 heavy (non-hydrogen) atoms. The maximum atomic E-state index is 4.54. The van der Waals surface area contributed by atoms with Crippen LogP contribution in [0.15, 0.2) is 36.8 Å². The van der Waals surface area contributed by atoms with E-state index in [1.54, 1.807) is 10.8 Å². The van der Waals surface area contributed by atoms with Crippen molar-refractivity contribution in [2.45, 2.75) is 38.0 Å². The van der Waals surface area contributed by atoms with Gasteiger partial charge in [0.25, 0.3) is 5.78 Å².